The van der Waals surface area contributed by atoms with Crippen molar-refractivity contribution in [3.8, 4) is 0 Å². The van der Waals surface area contributed by atoms with Gasteiger partial charge in [0.15, 0.2) is 0 Å². The van der Waals surface area contributed by atoms with Crippen LogP contribution in [0.25, 0.3) is 0 Å². The molecule has 25 heavy (non-hydrogen) atoms. The lowest BCUT2D eigenvalue weighted by molar-refractivity contribution is -0.148. The van der Waals surface area contributed by atoms with Crippen LogP contribution in [0.2, 0.25) is 0 Å². The zero-order valence-corrected chi connectivity index (χ0v) is 15.0. The van der Waals surface area contributed by atoms with Crippen molar-refractivity contribution in [2.45, 2.75) is 31.7 Å². The van der Waals surface area contributed by atoms with Crippen molar-refractivity contribution in [2.24, 2.45) is 5.92 Å². The van der Waals surface area contributed by atoms with Crippen LogP contribution < -0.4 is 0 Å². The van der Waals surface area contributed by atoms with Gasteiger partial charge >= 0.3 is 0 Å². The van der Waals surface area contributed by atoms with Gasteiger partial charge in [0.05, 0.1) is 13.2 Å². The monoisotopic (exact) mass is 360 g/mol. The van der Waals surface area contributed by atoms with Crippen LogP contribution in [0.4, 0.5) is 4.39 Å². The largest absolute Gasteiger partial charge is 0.377 e. The quantitative estimate of drug-likeness (QED) is 0.838. The first kappa shape index (κ1) is 16.7. The maximum atomic E-state index is 13.2. The number of carbonyl (C=O) groups excluding carboxylic acids is 1. The predicted molar refractivity (Wildman–Crippen MR) is 94.0 cm³/mol. The molecular formula is C19H21FN2O2S. The van der Waals surface area contributed by atoms with E-state index in [4.69, 9.17) is 4.74 Å². The third-order valence-electron chi connectivity index (χ3n) is 5.22. The zero-order chi connectivity index (χ0) is 17.4. The van der Waals surface area contributed by atoms with E-state index in [1.54, 1.807) is 23.5 Å². The van der Waals surface area contributed by atoms with Crippen molar-refractivity contribution < 1.29 is 13.9 Å². The molecule has 3 atom stereocenters. The second-order valence-electron chi connectivity index (χ2n) is 6.79. The molecule has 0 N–H and O–H groups in total. The van der Waals surface area contributed by atoms with Crippen LogP contribution in [0.1, 0.15) is 41.1 Å². The van der Waals surface area contributed by atoms with Crippen LogP contribution in [-0.4, -0.2) is 35.5 Å². The molecule has 0 spiro atoms. The topological polar surface area (TPSA) is 42.4 Å². The zero-order valence-electron chi connectivity index (χ0n) is 14.2. The first-order valence-corrected chi connectivity index (χ1v) is 9.57. The third kappa shape index (κ3) is 3.20. The predicted octanol–water partition coefficient (Wildman–Crippen LogP) is 3.68. The second-order valence-corrected chi connectivity index (χ2v) is 7.68. The Morgan fingerprint density at radius 1 is 1.32 bits per heavy atom. The van der Waals surface area contributed by atoms with Gasteiger partial charge in [0.1, 0.15) is 16.9 Å². The number of nitrogens with zero attached hydrogens (tertiary/aromatic N) is 2. The summed E-state index contributed by atoms with van der Waals surface area (Å²) in [6.07, 6.45) is 1.87. The average Bonchev–Trinajstić information content (AvgIpc) is 3.02. The number of benzene rings is 1. The fourth-order valence-corrected chi connectivity index (χ4v) is 4.61. The molecule has 2 heterocycles. The molecule has 1 aromatic heterocycles. The molecule has 1 aliphatic carbocycles. The summed E-state index contributed by atoms with van der Waals surface area (Å²) in [5, 5.41) is 2.96. The Morgan fingerprint density at radius 3 is 2.76 bits per heavy atom. The number of aryl methyl sites for hydroxylation is 1. The Balaban J connectivity index is 1.53. The van der Waals surface area contributed by atoms with Crippen LogP contribution in [0, 0.1) is 18.7 Å². The van der Waals surface area contributed by atoms with Gasteiger partial charge < -0.3 is 9.64 Å². The smallest absolute Gasteiger partial charge is 0.227 e. The summed E-state index contributed by atoms with van der Waals surface area (Å²) >= 11 is 1.59. The summed E-state index contributed by atoms with van der Waals surface area (Å²) in [5.41, 5.74) is 2.03. The molecule has 2 fully saturated rings. The van der Waals surface area contributed by atoms with E-state index in [1.165, 1.54) is 12.1 Å². The highest BCUT2D eigenvalue weighted by molar-refractivity contribution is 7.09. The minimum Gasteiger partial charge on any atom is -0.377 e. The van der Waals surface area contributed by atoms with Gasteiger partial charge in [-0.05, 0) is 43.4 Å². The van der Waals surface area contributed by atoms with Gasteiger partial charge in [0, 0.05) is 23.5 Å². The first-order valence-electron chi connectivity index (χ1n) is 8.69. The minimum absolute atomic E-state index is 0.0212. The summed E-state index contributed by atoms with van der Waals surface area (Å²) < 4.78 is 18.8. The summed E-state index contributed by atoms with van der Waals surface area (Å²) in [6, 6.07) is 6.48. The normalized spacial score (nSPS) is 26.3. The molecule has 2 aliphatic rings. The molecule has 1 aliphatic heterocycles. The number of amides is 1. The average molecular weight is 360 g/mol. The molecule has 1 saturated carbocycles. The van der Waals surface area contributed by atoms with Gasteiger partial charge in [0.25, 0.3) is 0 Å². The van der Waals surface area contributed by atoms with Gasteiger partial charge in [-0.3, -0.25) is 4.79 Å². The van der Waals surface area contributed by atoms with Crippen molar-refractivity contribution in [2.75, 3.05) is 19.8 Å². The molecule has 6 heteroatoms. The van der Waals surface area contributed by atoms with E-state index < -0.39 is 0 Å². The van der Waals surface area contributed by atoms with E-state index in [9.17, 15) is 9.18 Å². The van der Waals surface area contributed by atoms with Crippen molar-refractivity contribution in [3.05, 3.63) is 51.7 Å². The first-order chi connectivity index (χ1) is 12.1. The summed E-state index contributed by atoms with van der Waals surface area (Å²) in [4.78, 5) is 19.7. The molecule has 2 aromatic rings. The van der Waals surface area contributed by atoms with Crippen LogP contribution >= 0.6 is 11.3 Å². The molecular weight excluding hydrogens is 339 g/mol. The number of ether oxygens (including phenoxy) is 1. The van der Waals surface area contributed by atoms with Crippen LogP contribution in [0.15, 0.2) is 29.6 Å². The number of hydrogen-bond donors (Lipinski definition) is 0. The van der Waals surface area contributed by atoms with Crippen molar-refractivity contribution in [1.82, 2.24) is 9.88 Å². The summed E-state index contributed by atoms with van der Waals surface area (Å²) in [6.45, 7) is 3.65. The lowest BCUT2D eigenvalue weighted by atomic mass is 9.69. The molecule has 3 unspecified atom stereocenters. The Hall–Kier alpha value is -1.79. The number of carbonyl (C=O) groups is 1. The Labute approximate surface area is 150 Å². The van der Waals surface area contributed by atoms with Gasteiger partial charge in [-0.15, -0.1) is 11.3 Å². The highest BCUT2D eigenvalue weighted by Gasteiger charge is 2.42. The number of rotatable bonds is 3. The number of hydrogen-bond acceptors (Lipinski definition) is 4. The summed E-state index contributed by atoms with van der Waals surface area (Å²) in [5.74, 6) is 0.113. The molecule has 132 valence electrons. The highest BCUT2D eigenvalue weighted by atomic mass is 32.1. The lowest BCUT2D eigenvalue weighted by Crippen LogP contribution is -2.49. The van der Waals surface area contributed by atoms with E-state index in [0.29, 0.717) is 19.8 Å². The fourth-order valence-electron chi connectivity index (χ4n) is 3.71. The Kier molecular flexibility index (Phi) is 4.56. The molecule has 4 rings (SSSR count). The Morgan fingerprint density at radius 2 is 2.12 bits per heavy atom. The second kappa shape index (κ2) is 6.84. The lowest BCUT2D eigenvalue weighted by Gasteiger charge is -2.42. The van der Waals surface area contributed by atoms with E-state index in [-0.39, 0.29) is 29.6 Å². The SMILES string of the molecule is Cc1csc(C2COCCN2C(=O)C2CCC2c2ccc(F)cc2)n1. The molecule has 1 saturated heterocycles. The minimum atomic E-state index is -0.238. The van der Waals surface area contributed by atoms with E-state index in [1.807, 2.05) is 17.2 Å². The van der Waals surface area contributed by atoms with E-state index in [2.05, 4.69) is 4.98 Å². The highest BCUT2D eigenvalue weighted by Crippen LogP contribution is 2.44. The fraction of sp³-hybridized carbons (Fsp3) is 0.474. The molecule has 0 radical (unpaired) electrons. The standard InChI is InChI=1S/C19H21FN2O2S/c1-12-11-25-18(21-12)17-10-24-9-8-22(17)19(23)16-7-6-15(16)13-2-4-14(20)5-3-13/h2-5,11,15-17H,6-10H2,1H3. The van der Waals surface area contributed by atoms with Gasteiger partial charge in [-0.25, -0.2) is 9.37 Å². The Bertz CT molecular complexity index is 761. The third-order valence-corrected chi connectivity index (χ3v) is 6.29. The molecule has 1 amide bonds. The molecule has 0 bridgehead atoms. The van der Waals surface area contributed by atoms with Crippen molar-refractivity contribution in [1.29, 1.82) is 0 Å². The number of morpholine rings is 1. The van der Waals surface area contributed by atoms with Crippen LogP contribution in [0.5, 0.6) is 0 Å². The maximum absolute atomic E-state index is 13.2. The van der Waals surface area contributed by atoms with Gasteiger partial charge in [0.2, 0.25) is 5.91 Å². The van der Waals surface area contributed by atoms with E-state index in [0.717, 1.165) is 29.1 Å². The molecule has 4 nitrogen and oxygen atoms in total. The van der Waals surface area contributed by atoms with Crippen LogP contribution in [-0.2, 0) is 9.53 Å². The van der Waals surface area contributed by atoms with Crippen molar-refractivity contribution >= 4 is 17.2 Å². The van der Waals surface area contributed by atoms with Gasteiger partial charge in [-0.1, -0.05) is 12.1 Å². The van der Waals surface area contributed by atoms with Crippen molar-refractivity contribution in [3.63, 3.8) is 0 Å². The maximum Gasteiger partial charge on any atom is 0.227 e. The molecule has 1 aromatic carbocycles. The number of halogens is 1. The number of thiazole rings is 1. The summed E-state index contributed by atoms with van der Waals surface area (Å²) in [7, 11) is 0. The number of aromatic nitrogens is 1. The van der Waals surface area contributed by atoms with Crippen LogP contribution in [0.3, 0.4) is 0 Å². The van der Waals surface area contributed by atoms with E-state index >= 15 is 0 Å². The van der Waals surface area contributed by atoms with Gasteiger partial charge in [-0.2, -0.15) is 0 Å².